The van der Waals surface area contributed by atoms with Crippen LogP contribution < -0.4 is 4.72 Å². The Morgan fingerprint density at radius 3 is 2.45 bits per heavy atom. The average molecular weight is 419 g/mol. The summed E-state index contributed by atoms with van der Waals surface area (Å²) in [5.74, 6) is -1.37. The van der Waals surface area contributed by atoms with Crippen LogP contribution in [0, 0.1) is 12.7 Å². The van der Waals surface area contributed by atoms with Crippen LogP contribution in [-0.2, 0) is 26.2 Å². The van der Waals surface area contributed by atoms with Gasteiger partial charge in [-0.25, -0.2) is 17.5 Å². The van der Waals surface area contributed by atoms with E-state index in [-0.39, 0.29) is 29.5 Å². The maximum Gasteiger partial charge on any atom is 0.264 e. The van der Waals surface area contributed by atoms with Gasteiger partial charge in [0.1, 0.15) is 5.82 Å². The van der Waals surface area contributed by atoms with Crippen molar-refractivity contribution in [2.24, 2.45) is 0 Å². The molecule has 2 amide bonds. The molecule has 2 aromatic carbocycles. The molecule has 0 bridgehead atoms. The maximum absolute atomic E-state index is 14.7. The Balaban J connectivity index is 2.39. The van der Waals surface area contributed by atoms with Crippen LogP contribution in [0.25, 0.3) is 11.1 Å². The number of nitrogens with zero attached hydrogens (tertiary/aromatic N) is 1. The van der Waals surface area contributed by atoms with Gasteiger partial charge in [-0.15, -0.1) is 0 Å². The molecule has 1 N–H and O–H groups in total. The van der Waals surface area contributed by atoms with Crippen molar-refractivity contribution in [1.29, 1.82) is 0 Å². The van der Waals surface area contributed by atoms with Crippen molar-refractivity contribution < 1.29 is 22.4 Å². The SMILES string of the molecule is [CH2]CN(Cc1ccc(-c2ccccc2S(=O)(=O)NC(C)=O)cc1F)C(=O)CCC. The second-order valence-electron chi connectivity index (χ2n) is 6.53. The van der Waals surface area contributed by atoms with Crippen LogP contribution in [0.5, 0.6) is 0 Å². The van der Waals surface area contributed by atoms with Crippen LogP contribution >= 0.6 is 0 Å². The Labute approximate surface area is 170 Å². The molecule has 0 aliphatic heterocycles. The Morgan fingerprint density at radius 2 is 1.86 bits per heavy atom. The number of nitrogens with one attached hydrogen (secondary N) is 1. The highest BCUT2D eigenvalue weighted by molar-refractivity contribution is 7.90. The van der Waals surface area contributed by atoms with E-state index in [1.807, 2.05) is 11.6 Å². The lowest BCUT2D eigenvalue weighted by atomic mass is 10.0. The summed E-state index contributed by atoms with van der Waals surface area (Å²) in [5, 5.41) is 0. The Kier molecular flexibility index (Phi) is 7.50. The molecule has 0 saturated heterocycles. The molecule has 29 heavy (non-hydrogen) atoms. The Bertz CT molecular complexity index is 1010. The number of amides is 2. The monoisotopic (exact) mass is 419 g/mol. The molecule has 0 atom stereocenters. The van der Waals surface area contributed by atoms with Crippen molar-refractivity contribution in [1.82, 2.24) is 9.62 Å². The third kappa shape index (κ3) is 5.63. The molecule has 0 aliphatic rings. The van der Waals surface area contributed by atoms with Crippen LogP contribution in [0.2, 0.25) is 0 Å². The van der Waals surface area contributed by atoms with E-state index >= 15 is 0 Å². The van der Waals surface area contributed by atoms with Gasteiger partial charge in [-0.3, -0.25) is 9.59 Å². The van der Waals surface area contributed by atoms with E-state index in [1.54, 1.807) is 12.1 Å². The summed E-state index contributed by atoms with van der Waals surface area (Å²) in [6.07, 6.45) is 1.06. The fourth-order valence-corrected chi connectivity index (χ4v) is 4.12. The first-order valence-corrected chi connectivity index (χ1v) is 10.7. The Hall–Kier alpha value is -2.74. The minimum Gasteiger partial charge on any atom is -0.338 e. The number of hydrogen-bond donors (Lipinski definition) is 1. The third-order valence-corrected chi connectivity index (χ3v) is 5.76. The van der Waals surface area contributed by atoms with Gasteiger partial charge in [-0.2, -0.15) is 0 Å². The van der Waals surface area contributed by atoms with Gasteiger partial charge in [0, 0.05) is 37.6 Å². The first-order chi connectivity index (χ1) is 13.7. The molecule has 0 fully saturated rings. The summed E-state index contributed by atoms with van der Waals surface area (Å²) < 4.78 is 41.5. The zero-order valence-corrected chi connectivity index (χ0v) is 17.3. The van der Waals surface area contributed by atoms with E-state index in [1.165, 1.54) is 35.2 Å². The summed E-state index contributed by atoms with van der Waals surface area (Å²) in [6.45, 7) is 7.02. The average Bonchev–Trinajstić information content (AvgIpc) is 2.66. The molecule has 0 aliphatic carbocycles. The van der Waals surface area contributed by atoms with Gasteiger partial charge in [0.05, 0.1) is 4.90 Å². The van der Waals surface area contributed by atoms with E-state index in [0.29, 0.717) is 24.0 Å². The number of carbonyl (C=O) groups is 2. The van der Waals surface area contributed by atoms with Gasteiger partial charge < -0.3 is 4.90 Å². The first kappa shape index (κ1) is 22.5. The van der Waals surface area contributed by atoms with Crippen molar-refractivity contribution in [2.75, 3.05) is 6.54 Å². The number of halogens is 1. The summed E-state index contributed by atoms with van der Waals surface area (Å²) in [4.78, 5) is 24.7. The molecule has 0 aromatic heterocycles. The molecule has 8 heteroatoms. The fourth-order valence-electron chi connectivity index (χ4n) is 2.90. The zero-order chi connectivity index (χ0) is 21.6. The van der Waals surface area contributed by atoms with Crippen molar-refractivity contribution in [3.63, 3.8) is 0 Å². The number of sulfonamides is 1. The molecular weight excluding hydrogens is 395 g/mol. The van der Waals surface area contributed by atoms with E-state index in [4.69, 9.17) is 0 Å². The highest BCUT2D eigenvalue weighted by Crippen LogP contribution is 2.29. The van der Waals surface area contributed by atoms with Crippen LogP contribution in [-0.4, -0.2) is 31.7 Å². The molecule has 0 spiro atoms. The maximum atomic E-state index is 14.7. The summed E-state index contributed by atoms with van der Waals surface area (Å²) in [7, 11) is -4.08. The second-order valence-corrected chi connectivity index (χ2v) is 8.18. The van der Waals surface area contributed by atoms with Gasteiger partial charge in [0.2, 0.25) is 11.8 Å². The van der Waals surface area contributed by atoms with Crippen LogP contribution in [0.15, 0.2) is 47.4 Å². The molecule has 155 valence electrons. The van der Waals surface area contributed by atoms with Crippen molar-refractivity contribution >= 4 is 21.8 Å². The molecule has 0 unspecified atom stereocenters. The van der Waals surface area contributed by atoms with Crippen molar-refractivity contribution in [3.05, 3.63) is 60.8 Å². The van der Waals surface area contributed by atoms with Crippen LogP contribution in [0.1, 0.15) is 32.3 Å². The molecule has 0 heterocycles. The Morgan fingerprint density at radius 1 is 1.17 bits per heavy atom. The lowest BCUT2D eigenvalue weighted by molar-refractivity contribution is -0.131. The minimum absolute atomic E-state index is 0.0836. The zero-order valence-electron chi connectivity index (χ0n) is 16.4. The summed E-state index contributed by atoms with van der Waals surface area (Å²) in [5.41, 5.74) is 0.920. The quantitative estimate of drug-likeness (QED) is 0.712. The molecule has 2 rings (SSSR count). The van der Waals surface area contributed by atoms with E-state index in [9.17, 15) is 22.4 Å². The number of rotatable bonds is 8. The minimum atomic E-state index is -4.08. The van der Waals surface area contributed by atoms with Gasteiger partial charge in [0.15, 0.2) is 0 Å². The topological polar surface area (TPSA) is 83.6 Å². The van der Waals surface area contributed by atoms with Crippen molar-refractivity contribution in [2.45, 2.75) is 38.1 Å². The smallest absolute Gasteiger partial charge is 0.264 e. The molecular formula is C21H24FN2O4S. The number of hydrogen-bond acceptors (Lipinski definition) is 4. The highest BCUT2D eigenvalue weighted by atomic mass is 32.2. The predicted molar refractivity (Wildman–Crippen MR) is 109 cm³/mol. The number of benzene rings is 2. The van der Waals surface area contributed by atoms with Crippen LogP contribution in [0.3, 0.4) is 0 Å². The molecule has 6 nitrogen and oxygen atoms in total. The lowest BCUT2D eigenvalue weighted by Crippen LogP contribution is -2.30. The number of carbonyl (C=O) groups excluding carboxylic acids is 2. The molecule has 0 saturated carbocycles. The summed E-state index contributed by atoms with van der Waals surface area (Å²) in [6, 6.07) is 10.4. The summed E-state index contributed by atoms with van der Waals surface area (Å²) >= 11 is 0. The van der Waals surface area contributed by atoms with Crippen LogP contribution in [0.4, 0.5) is 4.39 Å². The van der Waals surface area contributed by atoms with Gasteiger partial charge in [-0.1, -0.05) is 37.3 Å². The van der Waals surface area contributed by atoms with E-state index < -0.39 is 21.7 Å². The first-order valence-electron chi connectivity index (χ1n) is 9.17. The predicted octanol–water partition coefficient (Wildman–Crippen LogP) is 3.28. The van der Waals surface area contributed by atoms with E-state index in [0.717, 1.165) is 6.92 Å². The van der Waals surface area contributed by atoms with Gasteiger partial charge in [-0.05, 0) is 31.0 Å². The van der Waals surface area contributed by atoms with Crippen molar-refractivity contribution in [3.8, 4) is 11.1 Å². The fraction of sp³-hybridized carbons (Fsp3) is 0.286. The molecule has 2 aromatic rings. The largest absolute Gasteiger partial charge is 0.338 e. The highest BCUT2D eigenvalue weighted by Gasteiger charge is 2.21. The second kappa shape index (κ2) is 9.65. The lowest BCUT2D eigenvalue weighted by Gasteiger charge is -2.21. The van der Waals surface area contributed by atoms with Gasteiger partial charge in [0.25, 0.3) is 10.0 Å². The molecule has 1 radical (unpaired) electrons. The van der Waals surface area contributed by atoms with Gasteiger partial charge >= 0.3 is 0 Å². The standard InChI is InChI=1S/C21H24FN2O4S/c1-4-8-21(26)24(5-2)14-17-12-11-16(13-19(17)22)18-9-6-7-10-20(18)29(27,28)23-15(3)25/h6-7,9-13H,2,4-5,8,14H2,1,3H3,(H,23,25). The normalized spacial score (nSPS) is 11.2. The third-order valence-electron chi connectivity index (χ3n) is 4.27. The van der Waals surface area contributed by atoms with E-state index in [2.05, 4.69) is 6.92 Å².